The van der Waals surface area contributed by atoms with Gasteiger partial charge in [0.2, 0.25) is 11.8 Å². The number of alkyl halides is 3. The van der Waals surface area contributed by atoms with Gasteiger partial charge in [-0.3, -0.25) is 9.59 Å². The van der Waals surface area contributed by atoms with Gasteiger partial charge in [-0.1, -0.05) is 24.4 Å². The van der Waals surface area contributed by atoms with Crippen molar-refractivity contribution in [3.8, 4) is 5.75 Å². The average Bonchev–Trinajstić information content (AvgIpc) is 3.71. The summed E-state index contributed by atoms with van der Waals surface area (Å²) in [5.74, 6) is -0.716. The molecule has 2 N–H and O–H groups in total. The topological polar surface area (TPSA) is 126 Å². The zero-order chi connectivity index (χ0) is 33.1. The van der Waals surface area contributed by atoms with Crippen LogP contribution >= 0.6 is 11.6 Å². The number of carbonyl (C=O) groups excluding carboxylic acids is 3. The molecular formula is C32H36ClF3N6O5. The second kappa shape index (κ2) is 14.0. The number of amides is 2. The Morgan fingerprint density at radius 1 is 0.979 bits per heavy atom. The number of esters is 1. The van der Waals surface area contributed by atoms with E-state index in [-0.39, 0.29) is 43.3 Å². The lowest BCUT2D eigenvalue weighted by Crippen LogP contribution is -2.44. The van der Waals surface area contributed by atoms with E-state index < -0.39 is 18.2 Å². The van der Waals surface area contributed by atoms with Crippen LogP contribution in [-0.4, -0.2) is 88.7 Å². The van der Waals surface area contributed by atoms with Crippen molar-refractivity contribution in [1.29, 1.82) is 0 Å². The Kier molecular flexibility index (Phi) is 9.76. The Morgan fingerprint density at radius 2 is 1.70 bits per heavy atom. The van der Waals surface area contributed by atoms with E-state index in [1.165, 1.54) is 11.2 Å². The highest BCUT2D eigenvalue weighted by molar-refractivity contribution is 6.32. The van der Waals surface area contributed by atoms with Crippen molar-refractivity contribution in [3.05, 3.63) is 40.7 Å². The molecule has 3 aliphatic heterocycles. The highest BCUT2D eigenvalue weighted by atomic mass is 35.5. The summed E-state index contributed by atoms with van der Waals surface area (Å²) >= 11 is 6.62. The first-order valence-electron chi connectivity index (χ1n) is 15.9. The summed E-state index contributed by atoms with van der Waals surface area (Å²) in [6.45, 7) is 1.78. The number of anilines is 3. The van der Waals surface area contributed by atoms with Crippen LogP contribution < -0.4 is 15.4 Å². The standard InChI is InChI=1S/C32H36ClF3N6O5/c33-25-16-21(5-6-26(25)46-22-8-12-41(13-9-22)29(43)19-3-1-2-4-19)40-28-24-15-20(7-11-37-27(24)38-18-39-28)30(44)42-14-10-23(17-42)47-31(45)32(34,35)36/h5-6,15-16,18-19,22-23H,1-4,7-14,17H2,(H2,37,38,39,40). The summed E-state index contributed by atoms with van der Waals surface area (Å²) in [6.07, 6.45) is 3.05. The first-order valence-corrected chi connectivity index (χ1v) is 16.3. The lowest BCUT2D eigenvalue weighted by molar-refractivity contribution is -0.204. The van der Waals surface area contributed by atoms with Crippen molar-refractivity contribution in [1.82, 2.24) is 19.8 Å². The molecule has 1 saturated carbocycles. The fourth-order valence-corrected chi connectivity index (χ4v) is 6.77. The van der Waals surface area contributed by atoms with Gasteiger partial charge >= 0.3 is 12.1 Å². The van der Waals surface area contributed by atoms with Gasteiger partial charge < -0.3 is 29.9 Å². The molecule has 1 atom stereocenters. The first-order chi connectivity index (χ1) is 22.5. The third-order valence-electron chi connectivity index (χ3n) is 9.05. The van der Waals surface area contributed by atoms with Gasteiger partial charge in [-0.2, -0.15) is 13.2 Å². The molecule has 2 aromatic rings. The number of likely N-dealkylation sites (tertiary alicyclic amines) is 2. The molecule has 4 aliphatic rings. The molecule has 4 heterocycles. The lowest BCUT2D eigenvalue weighted by Gasteiger charge is -2.33. The fourth-order valence-electron chi connectivity index (χ4n) is 6.55. The van der Waals surface area contributed by atoms with E-state index in [4.69, 9.17) is 16.3 Å². The van der Waals surface area contributed by atoms with Crippen LogP contribution in [0.4, 0.5) is 30.5 Å². The van der Waals surface area contributed by atoms with E-state index >= 15 is 0 Å². The quantitative estimate of drug-likeness (QED) is 0.374. The molecule has 0 bridgehead atoms. The van der Waals surface area contributed by atoms with Gasteiger partial charge in [0.05, 0.1) is 17.1 Å². The Balaban J connectivity index is 1.09. The summed E-state index contributed by atoms with van der Waals surface area (Å²) in [6, 6.07) is 5.30. The molecule has 11 nitrogen and oxygen atoms in total. The molecule has 47 heavy (non-hydrogen) atoms. The average molecular weight is 677 g/mol. The molecule has 2 amide bonds. The van der Waals surface area contributed by atoms with Gasteiger partial charge in [0.25, 0.3) is 0 Å². The minimum absolute atomic E-state index is 0.0497. The van der Waals surface area contributed by atoms with Crippen molar-refractivity contribution in [2.45, 2.75) is 69.8 Å². The molecule has 15 heteroatoms. The lowest BCUT2D eigenvalue weighted by atomic mass is 10.0. The number of carbonyl (C=O) groups is 3. The SMILES string of the molecule is O=C(C1=Cc2c(ncnc2Nc2ccc(OC3CCN(C(=O)C4CCCC4)CC3)c(Cl)c2)NCC1)N1CCC(OC(=O)C(F)(F)F)C1. The molecule has 1 aliphatic carbocycles. The minimum atomic E-state index is -5.09. The minimum Gasteiger partial charge on any atom is -0.489 e. The zero-order valence-electron chi connectivity index (χ0n) is 25.7. The number of hydrogen-bond acceptors (Lipinski definition) is 9. The van der Waals surface area contributed by atoms with Crippen LogP contribution in [0.5, 0.6) is 5.75 Å². The smallest absolute Gasteiger partial charge is 0.489 e. The molecule has 0 radical (unpaired) electrons. The normalized spacial score (nSPS) is 20.6. The summed E-state index contributed by atoms with van der Waals surface area (Å²) in [7, 11) is 0. The maximum absolute atomic E-state index is 13.4. The van der Waals surface area contributed by atoms with Crippen LogP contribution in [0.25, 0.3) is 6.08 Å². The van der Waals surface area contributed by atoms with Crippen LogP contribution in [0, 0.1) is 5.92 Å². The molecule has 1 aromatic carbocycles. The van der Waals surface area contributed by atoms with Crippen molar-refractivity contribution in [2.75, 3.05) is 43.4 Å². The van der Waals surface area contributed by atoms with Gasteiger partial charge in [-0.25, -0.2) is 14.8 Å². The van der Waals surface area contributed by atoms with Crippen molar-refractivity contribution < 1.29 is 37.0 Å². The number of halogens is 4. The van der Waals surface area contributed by atoms with Crippen molar-refractivity contribution in [2.24, 2.45) is 5.92 Å². The molecule has 252 valence electrons. The highest BCUT2D eigenvalue weighted by Crippen LogP contribution is 2.35. The number of aromatic nitrogens is 2. The molecule has 1 unspecified atom stereocenters. The first kappa shape index (κ1) is 32.9. The Bertz CT molecular complexity index is 1540. The van der Waals surface area contributed by atoms with E-state index in [0.717, 1.165) is 38.5 Å². The largest absolute Gasteiger partial charge is 0.490 e. The molecule has 0 spiro atoms. The third kappa shape index (κ3) is 7.74. The Hall–Kier alpha value is -4.07. The van der Waals surface area contributed by atoms with Gasteiger partial charge in [0.15, 0.2) is 0 Å². The molecule has 1 aromatic heterocycles. The Morgan fingerprint density at radius 3 is 2.43 bits per heavy atom. The van der Waals surface area contributed by atoms with Gasteiger partial charge in [0, 0.05) is 62.6 Å². The van der Waals surface area contributed by atoms with E-state index in [1.807, 2.05) is 4.90 Å². The summed E-state index contributed by atoms with van der Waals surface area (Å²) in [5, 5.41) is 6.83. The monoisotopic (exact) mass is 676 g/mol. The number of rotatable bonds is 7. The predicted molar refractivity (Wildman–Crippen MR) is 167 cm³/mol. The maximum atomic E-state index is 13.4. The third-order valence-corrected chi connectivity index (χ3v) is 9.34. The second-order valence-corrected chi connectivity index (χ2v) is 12.7. The number of nitrogens with one attached hydrogen (secondary N) is 2. The van der Waals surface area contributed by atoms with Gasteiger partial charge in [-0.05, 0) is 43.5 Å². The summed E-state index contributed by atoms with van der Waals surface area (Å²) in [5.41, 5.74) is 1.57. The Labute approximate surface area is 274 Å². The number of fused-ring (bicyclic) bond motifs is 1. The highest BCUT2D eigenvalue weighted by Gasteiger charge is 2.43. The van der Waals surface area contributed by atoms with E-state index in [2.05, 4.69) is 25.3 Å². The number of piperidine rings is 1. The zero-order valence-corrected chi connectivity index (χ0v) is 26.4. The number of hydrogen-bond donors (Lipinski definition) is 2. The van der Waals surface area contributed by atoms with Crippen molar-refractivity contribution >= 4 is 52.8 Å². The molecule has 2 saturated heterocycles. The summed E-state index contributed by atoms with van der Waals surface area (Å²) < 4.78 is 48.6. The van der Waals surface area contributed by atoms with Crippen LogP contribution in [0.15, 0.2) is 30.1 Å². The van der Waals surface area contributed by atoms with E-state index in [9.17, 15) is 27.6 Å². The van der Waals surface area contributed by atoms with Crippen molar-refractivity contribution in [3.63, 3.8) is 0 Å². The number of ether oxygens (including phenoxy) is 2. The summed E-state index contributed by atoms with van der Waals surface area (Å²) in [4.78, 5) is 49.4. The predicted octanol–water partition coefficient (Wildman–Crippen LogP) is 5.34. The number of benzene rings is 1. The van der Waals surface area contributed by atoms with E-state index in [1.54, 1.807) is 24.3 Å². The van der Waals surface area contributed by atoms with Gasteiger partial charge in [0.1, 0.15) is 35.9 Å². The molecular weight excluding hydrogens is 641 g/mol. The second-order valence-electron chi connectivity index (χ2n) is 12.3. The maximum Gasteiger partial charge on any atom is 0.490 e. The van der Waals surface area contributed by atoms with Crippen LogP contribution in [0.2, 0.25) is 5.02 Å². The van der Waals surface area contributed by atoms with Crippen LogP contribution in [0.1, 0.15) is 56.9 Å². The van der Waals surface area contributed by atoms with Crippen LogP contribution in [0.3, 0.4) is 0 Å². The molecule has 3 fully saturated rings. The molecule has 6 rings (SSSR count). The van der Waals surface area contributed by atoms with Gasteiger partial charge in [-0.15, -0.1) is 0 Å². The number of nitrogens with zero attached hydrogens (tertiary/aromatic N) is 4. The fraction of sp³-hybridized carbons (Fsp3) is 0.531. The van der Waals surface area contributed by atoms with Crippen LogP contribution in [-0.2, 0) is 19.1 Å². The van der Waals surface area contributed by atoms with E-state index in [0.29, 0.717) is 65.3 Å².